The Morgan fingerprint density at radius 3 is 3.00 bits per heavy atom. The Morgan fingerprint density at radius 2 is 2.22 bits per heavy atom. The summed E-state index contributed by atoms with van der Waals surface area (Å²) in [5.74, 6) is 0.0798. The minimum Gasteiger partial charge on any atom is -0.310 e. The molecule has 2 fully saturated rings. The summed E-state index contributed by atoms with van der Waals surface area (Å²) in [7, 11) is 0. The molecular formula is C17H21N5O. The standard InChI is InChI=1S/C17H21N5O/c18-11-21-8-1-2-16(21)17(23)22-9-6-13-10-12(3-4-15(13)22)14-5-7-19-20-14/h3-4,10,14,16,19-20H,1-2,5-9H2/t14?,16-/m0/s1. The monoisotopic (exact) mass is 311 g/mol. The highest BCUT2D eigenvalue weighted by Crippen LogP contribution is 2.33. The zero-order valence-electron chi connectivity index (χ0n) is 13.1. The summed E-state index contributed by atoms with van der Waals surface area (Å²) in [6, 6.07) is 6.50. The quantitative estimate of drug-likeness (QED) is 0.799. The van der Waals surface area contributed by atoms with Crippen LogP contribution in [0.3, 0.4) is 0 Å². The van der Waals surface area contributed by atoms with E-state index >= 15 is 0 Å². The number of fused-ring (bicyclic) bond motifs is 1. The van der Waals surface area contributed by atoms with Crippen LogP contribution in [0.5, 0.6) is 0 Å². The van der Waals surface area contributed by atoms with E-state index in [1.165, 1.54) is 11.1 Å². The number of nitrogens with zero attached hydrogens (tertiary/aromatic N) is 3. The molecular weight excluding hydrogens is 290 g/mol. The van der Waals surface area contributed by atoms with Crippen molar-refractivity contribution in [1.82, 2.24) is 15.8 Å². The topological polar surface area (TPSA) is 71.4 Å². The Kier molecular flexibility index (Phi) is 3.68. The van der Waals surface area contributed by atoms with Gasteiger partial charge in [-0.25, -0.2) is 0 Å². The Labute approximate surface area is 136 Å². The van der Waals surface area contributed by atoms with Gasteiger partial charge in [0, 0.05) is 31.4 Å². The maximum Gasteiger partial charge on any atom is 0.250 e. The summed E-state index contributed by atoms with van der Waals surface area (Å²) >= 11 is 0. The van der Waals surface area contributed by atoms with Crippen LogP contribution < -0.4 is 15.8 Å². The van der Waals surface area contributed by atoms with Crippen LogP contribution >= 0.6 is 0 Å². The van der Waals surface area contributed by atoms with Gasteiger partial charge in [-0.05, 0) is 42.9 Å². The molecule has 1 unspecified atom stereocenters. The molecule has 120 valence electrons. The Hall–Kier alpha value is -2.10. The summed E-state index contributed by atoms with van der Waals surface area (Å²) < 4.78 is 0. The molecule has 6 heteroatoms. The number of benzene rings is 1. The predicted octanol–water partition coefficient (Wildman–Crippen LogP) is 1.06. The Bertz CT molecular complexity index is 661. The predicted molar refractivity (Wildman–Crippen MR) is 86.3 cm³/mol. The maximum atomic E-state index is 12.8. The molecule has 1 aromatic carbocycles. The lowest BCUT2D eigenvalue weighted by Gasteiger charge is -2.25. The molecule has 1 amide bonds. The van der Waals surface area contributed by atoms with E-state index in [1.54, 1.807) is 4.90 Å². The molecule has 2 saturated heterocycles. The van der Waals surface area contributed by atoms with Crippen LogP contribution in [0.1, 0.15) is 36.4 Å². The molecule has 0 bridgehead atoms. The number of nitriles is 1. The number of carbonyl (C=O) groups is 1. The molecule has 3 aliphatic heterocycles. The van der Waals surface area contributed by atoms with Crippen molar-refractivity contribution in [2.45, 2.75) is 37.8 Å². The highest BCUT2D eigenvalue weighted by atomic mass is 16.2. The average molecular weight is 311 g/mol. The Morgan fingerprint density at radius 1 is 1.30 bits per heavy atom. The summed E-state index contributed by atoms with van der Waals surface area (Å²) in [6.45, 7) is 2.41. The number of amides is 1. The van der Waals surface area contributed by atoms with Gasteiger partial charge in [-0.1, -0.05) is 12.1 Å². The molecule has 1 aromatic rings. The van der Waals surface area contributed by atoms with E-state index in [0.717, 1.165) is 44.5 Å². The van der Waals surface area contributed by atoms with Crippen LogP contribution in [0, 0.1) is 11.5 Å². The van der Waals surface area contributed by atoms with Gasteiger partial charge < -0.3 is 4.90 Å². The Balaban J connectivity index is 1.56. The second kappa shape index (κ2) is 5.84. The summed E-state index contributed by atoms with van der Waals surface area (Å²) in [4.78, 5) is 16.3. The third kappa shape index (κ3) is 2.46. The van der Waals surface area contributed by atoms with Crippen molar-refractivity contribution in [2.75, 3.05) is 24.5 Å². The van der Waals surface area contributed by atoms with Crippen LogP contribution in [0.15, 0.2) is 18.2 Å². The normalized spacial score (nSPS) is 26.4. The average Bonchev–Trinajstić information content (AvgIpc) is 3.32. The highest BCUT2D eigenvalue weighted by Gasteiger charge is 2.36. The molecule has 2 N–H and O–H groups in total. The molecule has 3 aliphatic rings. The van der Waals surface area contributed by atoms with Crippen LogP contribution in [0.25, 0.3) is 0 Å². The fourth-order valence-corrected chi connectivity index (χ4v) is 3.92. The molecule has 2 atom stereocenters. The van der Waals surface area contributed by atoms with Crippen molar-refractivity contribution in [3.05, 3.63) is 29.3 Å². The zero-order valence-corrected chi connectivity index (χ0v) is 13.1. The van der Waals surface area contributed by atoms with Gasteiger partial charge in [0.2, 0.25) is 5.91 Å². The molecule has 3 heterocycles. The maximum absolute atomic E-state index is 12.8. The van der Waals surface area contributed by atoms with Gasteiger partial charge in [-0.2, -0.15) is 5.26 Å². The van der Waals surface area contributed by atoms with E-state index in [-0.39, 0.29) is 11.9 Å². The van der Waals surface area contributed by atoms with Gasteiger partial charge in [0.1, 0.15) is 6.04 Å². The molecule has 6 nitrogen and oxygen atoms in total. The molecule has 0 spiro atoms. The fourth-order valence-electron chi connectivity index (χ4n) is 3.92. The number of likely N-dealkylation sites (tertiary alicyclic amines) is 1. The van der Waals surface area contributed by atoms with Gasteiger partial charge in [0.25, 0.3) is 0 Å². The minimum atomic E-state index is -0.272. The summed E-state index contributed by atoms with van der Waals surface area (Å²) in [6.07, 6.45) is 5.85. The minimum absolute atomic E-state index is 0.0798. The first-order chi connectivity index (χ1) is 11.3. The molecule has 0 radical (unpaired) electrons. The third-order valence-electron chi connectivity index (χ3n) is 5.17. The van der Waals surface area contributed by atoms with E-state index in [1.807, 2.05) is 4.90 Å². The summed E-state index contributed by atoms with van der Waals surface area (Å²) in [5.41, 5.74) is 9.99. The number of hydrogen-bond acceptors (Lipinski definition) is 5. The lowest BCUT2D eigenvalue weighted by molar-refractivity contribution is -0.121. The van der Waals surface area contributed by atoms with E-state index in [9.17, 15) is 10.1 Å². The van der Waals surface area contributed by atoms with Crippen molar-refractivity contribution >= 4 is 11.6 Å². The zero-order chi connectivity index (χ0) is 15.8. The van der Waals surface area contributed by atoms with Gasteiger partial charge in [-0.3, -0.25) is 20.5 Å². The van der Waals surface area contributed by atoms with Crippen molar-refractivity contribution in [1.29, 1.82) is 5.26 Å². The first-order valence-electron chi connectivity index (χ1n) is 8.37. The second-order valence-electron chi connectivity index (χ2n) is 6.49. The fraction of sp³-hybridized carbons (Fsp3) is 0.529. The molecule has 23 heavy (non-hydrogen) atoms. The largest absolute Gasteiger partial charge is 0.310 e. The second-order valence-corrected chi connectivity index (χ2v) is 6.49. The smallest absolute Gasteiger partial charge is 0.250 e. The SMILES string of the molecule is N#CN1CCC[C@H]1C(=O)N1CCc2cc(C3CCNN3)ccc21. The molecule has 0 saturated carbocycles. The lowest BCUT2D eigenvalue weighted by atomic mass is 10.0. The van der Waals surface area contributed by atoms with E-state index in [2.05, 4.69) is 35.2 Å². The van der Waals surface area contributed by atoms with Crippen LogP contribution in [0.4, 0.5) is 5.69 Å². The van der Waals surface area contributed by atoms with Crippen LogP contribution in [0.2, 0.25) is 0 Å². The molecule has 0 aliphatic carbocycles. The number of hydrogen-bond donors (Lipinski definition) is 2. The number of anilines is 1. The van der Waals surface area contributed by atoms with Gasteiger partial charge in [0.15, 0.2) is 6.19 Å². The van der Waals surface area contributed by atoms with Crippen molar-refractivity contribution in [3.8, 4) is 6.19 Å². The van der Waals surface area contributed by atoms with Crippen LogP contribution in [-0.4, -0.2) is 36.5 Å². The van der Waals surface area contributed by atoms with Crippen molar-refractivity contribution in [2.24, 2.45) is 0 Å². The number of nitrogens with one attached hydrogen (secondary N) is 2. The van der Waals surface area contributed by atoms with Gasteiger partial charge in [-0.15, -0.1) is 0 Å². The lowest BCUT2D eigenvalue weighted by Crippen LogP contribution is -2.43. The van der Waals surface area contributed by atoms with E-state index in [4.69, 9.17) is 0 Å². The van der Waals surface area contributed by atoms with Crippen LogP contribution in [-0.2, 0) is 11.2 Å². The molecule has 4 rings (SSSR count). The number of hydrazine groups is 1. The van der Waals surface area contributed by atoms with Gasteiger partial charge >= 0.3 is 0 Å². The first-order valence-corrected chi connectivity index (χ1v) is 8.37. The summed E-state index contributed by atoms with van der Waals surface area (Å²) in [5, 5.41) is 9.17. The van der Waals surface area contributed by atoms with Crippen molar-refractivity contribution in [3.63, 3.8) is 0 Å². The highest BCUT2D eigenvalue weighted by molar-refractivity contribution is 5.99. The first kappa shape index (κ1) is 14.5. The van der Waals surface area contributed by atoms with E-state index < -0.39 is 0 Å². The van der Waals surface area contributed by atoms with Gasteiger partial charge in [0.05, 0.1) is 0 Å². The number of carbonyl (C=O) groups excluding carboxylic acids is 1. The van der Waals surface area contributed by atoms with Crippen molar-refractivity contribution < 1.29 is 4.79 Å². The number of rotatable bonds is 2. The third-order valence-corrected chi connectivity index (χ3v) is 5.17. The molecule has 0 aromatic heterocycles. The van der Waals surface area contributed by atoms with E-state index in [0.29, 0.717) is 12.6 Å².